The number of aliphatic hydroxyl groups is 1. The summed E-state index contributed by atoms with van der Waals surface area (Å²) >= 11 is 0. The predicted octanol–water partition coefficient (Wildman–Crippen LogP) is 4.16. The Bertz CT molecular complexity index is 981. The van der Waals surface area contributed by atoms with Gasteiger partial charge in [-0.05, 0) is 37.7 Å². The average molecular weight is 433 g/mol. The van der Waals surface area contributed by atoms with Gasteiger partial charge in [-0.2, -0.15) is 0 Å². The Kier molecular flexibility index (Phi) is 6.11. The summed E-state index contributed by atoms with van der Waals surface area (Å²) in [4.78, 5) is 17.7. The van der Waals surface area contributed by atoms with E-state index in [0.717, 1.165) is 25.0 Å². The van der Waals surface area contributed by atoms with E-state index < -0.39 is 6.10 Å². The summed E-state index contributed by atoms with van der Waals surface area (Å²) in [5, 5.41) is 13.9. The van der Waals surface area contributed by atoms with Gasteiger partial charge >= 0.3 is 0 Å². The number of hydrogen-bond donors (Lipinski definition) is 2. The van der Waals surface area contributed by atoms with Gasteiger partial charge in [0.25, 0.3) is 0 Å². The highest BCUT2D eigenvalue weighted by Gasteiger charge is 2.42. The number of hydrogen-bond acceptors (Lipinski definition) is 5. The molecule has 0 aromatic heterocycles. The molecule has 0 spiro atoms. The molecule has 6 atom stereocenters. The molecule has 0 bridgehead atoms. The van der Waals surface area contributed by atoms with Gasteiger partial charge in [0, 0.05) is 36.5 Å². The van der Waals surface area contributed by atoms with Crippen molar-refractivity contribution in [2.75, 3.05) is 6.61 Å². The highest BCUT2D eigenvalue weighted by atomic mass is 16.5. The summed E-state index contributed by atoms with van der Waals surface area (Å²) in [7, 11) is 0. The molecular formula is C27H32N2O3. The van der Waals surface area contributed by atoms with Crippen molar-refractivity contribution in [3.63, 3.8) is 0 Å². The Morgan fingerprint density at radius 2 is 2.09 bits per heavy atom. The van der Waals surface area contributed by atoms with Gasteiger partial charge in [-0.15, -0.1) is 0 Å². The Hall–Kier alpha value is -2.50. The fourth-order valence-corrected chi connectivity index (χ4v) is 5.69. The zero-order chi connectivity index (χ0) is 22.1. The lowest BCUT2D eigenvalue weighted by Crippen LogP contribution is -2.46. The van der Waals surface area contributed by atoms with Gasteiger partial charge in [-0.3, -0.25) is 4.79 Å². The Morgan fingerprint density at radius 3 is 2.94 bits per heavy atom. The number of rotatable bonds is 4. The lowest BCUT2D eigenvalue weighted by atomic mass is 9.62. The van der Waals surface area contributed by atoms with Crippen molar-refractivity contribution in [2.24, 2.45) is 28.7 Å². The molecule has 5 aliphatic rings. The second-order valence-corrected chi connectivity index (χ2v) is 9.28. The Balaban J connectivity index is 1.59. The Labute approximate surface area is 190 Å². The van der Waals surface area contributed by atoms with E-state index in [0.29, 0.717) is 48.6 Å². The van der Waals surface area contributed by atoms with Gasteiger partial charge in [-0.25, -0.2) is 4.99 Å². The number of allylic oxidation sites excluding steroid dienone is 9. The van der Waals surface area contributed by atoms with Gasteiger partial charge < -0.3 is 15.2 Å². The fraction of sp³-hybridized carbons (Fsp3) is 0.481. The quantitative estimate of drug-likeness (QED) is 0.517. The van der Waals surface area contributed by atoms with Gasteiger partial charge in [0.1, 0.15) is 12.0 Å². The van der Waals surface area contributed by atoms with Crippen LogP contribution in [0.25, 0.3) is 0 Å². The van der Waals surface area contributed by atoms with Crippen LogP contribution < -0.4 is 5.32 Å². The van der Waals surface area contributed by atoms with Crippen LogP contribution in [0.4, 0.5) is 0 Å². The third kappa shape index (κ3) is 4.00. The fourth-order valence-electron chi connectivity index (χ4n) is 5.69. The lowest BCUT2D eigenvalue weighted by molar-refractivity contribution is -0.112. The first-order valence-electron chi connectivity index (χ1n) is 12.0. The van der Waals surface area contributed by atoms with Crippen LogP contribution in [0.3, 0.4) is 0 Å². The number of fused-ring (bicyclic) bond motifs is 2. The minimum absolute atomic E-state index is 0.175. The van der Waals surface area contributed by atoms with Crippen LogP contribution in [0.2, 0.25) is 0 Å². The van der Waals surface area contributed by atoms with Crippen LogP contribution in [0.15, 0.2) is 76.6 Å². The maximum Gasteiger partial charge on any atom is 0.187 e. The van der Waals surface area contributed by atoms with Crippen molar-refractivity contribution in [3.8, 4) is 0 Å². The maximum absolute atomic E-state index is 12.7. The number of nitrogens with one attached hydrogen (secondary N) is 1. The molecule has 0 fully saturated rings. The molecule has 5 rings (SSSR count). The van der Waals surface area contributed by atoms with E-state index in [9.17, 15) is 9.90 Å². The number of nitrogens with zero attached hydrogens (tertiary/aromatic N) is 1. The summed E-state index contributed by atoms with van der Waals surface area (Å²) in [6, 6.07) is 0. The summed E-state index contributed by atoms with van der Waals surface area (Å²) in [6.07, 6.45) is 22.4. The van der Waals surface area contributed by atoms with E-state index >= 15 is 0 Å². The number of carbonyl (C=O) groups excluding carboxylic acids is 1. The summed E-state index contributed by atoms with van der Waals surface area (Å²) < 4.78 is 6.12. The molecule has 6 unspecified atom stereocenters. The summed E-state index contributed by atoms with van der Waals surface area (Å²) in [5.41, 5.74) is 2.92. The van der Waals surface area contributed by atoms with E-state index in [2.05, 4.69) is 54.8 Å². The molecule has 0 aromatic carbocycles. The van der Waals surface area contributed by atoms with Crippen LogP contribution in [0, 0.1) is 23.7 Å². The van der Waals surface area contributed by atoms with Crippen LogP contribution >= 0.6 is 0 Å². The van der Waals surface area contributed by atoms with Gasteiger partial charge in [0.2, 0.25) is 0 Å². The minimum Gasteiger partial charge on any atom is -0.388 e. The zero-order valence-electron chi connectivity index (χ0n) is 18.6. The molecular weight excluding hydrogens is 400 g/mol. The molecule has 0 saturated heterocycles. The third-order valence-electron chi connectivity index (χ3n) is 7.14. The molecule has 0 amide bonds. The molecule has 168 valence electrons. The van der Waals surface area contributed by atoms with Crippen LogP contribution in [0.1, 0.15) is 39.0 Å². The molecule has 1 heterocycles. The first kappa shape index (κ1) is 21.4. The molecule has 0 aromatic rings. The van der Waals surface area contributed by atoms with Crippen LogP contribution in [-0.2, 0) is 9.53 Å². The van der Waals surface area contributed by atoms with Crippen molar-refractivity contribution < 1.29 is 14.6 Å². The highest BCUT2D eigenvalue weighted by molar-refractivity contribution is 6.06. The van der Waals surface area contributed by atoms with E-state index in [-0.39, 0.29) is 17.9 Å². The average Bonchev–Trinajstić information content (AvgIpc) is 2.81. The standard InChI is InChI=1S/C27H32N2O3/c1-2-14-32-24-16-21(28-27(29-24)26-22(30)12-7-13-23(26)31)25-19-10-5-3-8-17(19)15-18-9-4-6-11-20(18)25/h3,5-8,10-12,15,17,19-20,23-25,29,31H,2,4,9,13-14,16H2,1H3. The largest absolute Gasteiger partial charge is 0.388 e. The number of aliphatic hydroxyl groups excluding tert-OH is 1. The first-order chi connectivity index (χ1) is 15.7. The van der Waals surface area contributed by atoms with E-state index in [4.69, 9.17) is 9.73 Å². The van der Waals surface area contributed by atoms with Crippen molar-refractivity contribution in [2.45, 2.75) is 51.4 Å². The SMILES string of the molecule is CCCOC1CC(C2C3C=CCCC3=CC3C=CC=CC32)=NC(=C2C(=O)C=CCC2O)N1. The number of aliphatic imine (C=N–C) groups is 1. The summed E-state index contributed by atoms with van der Waals surface area (Å²) in [5.74, 6) is 1.55. The van der Waals surface area contributed by atoms with Crippen molar-refractivity contribution >= 4 is 11.5 Å². The molecule has 4 aliphatic carbocycles. The van der Waals surface area contributed by atoms with Crippen LogP contribution in [0.5, 0.6) is 0 Å². The normalized spacial score (nSPS) is 38.0. The lowest BCUT2D eigenvalue weighted by Gasteiger charge is -2.44. The van der Waals surface area contributed by atoms with Crippen molar-refractivity contribution in [1.82, 2.24) is 5.32 Å². The van der Waals surface area contributed by atoms with Gasteiger partial charge in [0.15, 0.2) is 5.78 Å². The monoisotopic (exact) mass is 432 g/mol. The summed E-state index contributed by atoms with van der Waals surface area (Å²) in [6.45, 7) is 2.73. The van der Waals surface area contributed by atoms with Gasteiger partial charge in [-0.1, -0.05) is 61.1 Å². The zero-order valence-corrected chi connectivity index (χ0v) is 18.6. The minimum atomic E-state index is -0.841. The van der Waals surface area contributed by atoms with E-state index in [1.54, 1.807) is 12.2 Å². The van der Waals surface area contributed by atoms with Gasteiger partial charge in [0.05, 0.1) is 11.7 Å². The van der Waals surface area contributed by atoms with Crippen molar-refractivity contribution in [3.05, 3.63) is 71.7 Å². The molecule has 0 radical (unpaired) electrons. The highest BCUT2D eigenvalue weighted by Crippen LogP contribution is 2.46. The second-order valence-electron chi connectivity index (χ2n) is 9.28. The van der Waals surface area contributed by atoms with Crippen molar-refractivity contribution in [1.29, 1.82) is 0 Å². The molecule has 32 heavy (non-hydrogen) atoms. The number of ether oxygens (including phenoxy) is 1. The number of carbonyl (C=O) groups is 1. The smallest absolute Gasteiger partial charge is 0.187 e. The maximum atomic E-state index is 12.7. The predicted molar refractivity (Wildman–Crippen MR) is 126 cm³/mol. The molecule has 0 saturated carbocycles. The molecule has 5 nitrogen and oxygen atoms in total. The molecule has 2 N–H and O–H groups in total. The second kappa shape index (κ2) is 9.16. The van der Waals surface area contributed by atoms with E-state index in [1.807, 2.05) is 0 Å². The Morgan fingerprint density at radius 1 is 1.22 bits per heavy atom. The molecule has 5 heteroatoms. The number of ketones is 1. The van der Waals surface area contributed by atoms with E-state index in [1.165, 1.54) is 5.57 Å². The topological polar surface area (TPSA) is 70.9 Å². The van der Waals surface area contributed by atoms with Crippen LogP contribution in [-0.4, -0.2) is 35.5 Å². The first-order valence-corrected chi connectivity index (χ1v) is 12.0. The molecule has 1 aliphatic heterocycles. The third-order valence-corrected chi connectivity index (χ3v) is 7.14.